The van der Waals surface area contributed by atoms with Crippen molar-refractivity contribution in [2.45, 2.75) is 31.7 Å². The number of aryl methyl sites for hydroxylation is 1. The molecule has 1 aliphatic rings. The van der Waals surface area contributed by atoms with Gasteiger partial charge in [0, 0.05) is 30.9 Å². The number of benzene rings is 2. The number of hydrogen-bond donors (Lipinski definition) is 3. The van der Waals surface area contributed by atoms with E-state index in [0.717, 1.165) is 35.7 Å². The number of anilines is 2. The normalized spacial score (nSPS) is 15.4. The first-order chi connectivity index (χ1) is 15.0. The summed E-state index contributed by atoms with van der Waals surface area (Å²) < 4.78 is 8.25. The van der Waals surface area contributed by atoms with Gasteiger partial charge in [-0.05, 0) is 73.4 Å². The monoisotopic (exact) mass is 439 g/mol. The van der Waals surface area contributed by atoms with E-state index in [1.54, 1.807) is 10.9 Å². The molecule has 0 saturated heterocycles. The van der Waals surface area contributed by atoms with Crippen LogP contribution in [0.2, 0.25) is 0 Å². The summed E-state index contributed by atoms with van der Waals surface area (Å²) in [5, 5.41) is 18.9. The second-order valence-corrected chi connectivity index (χ2v) is 7.96. The standard InChI is InChI=1S/C22H25N5O3S/c1-26-17(7-10-21(28)29)6-5-15-11-19(8-9-20(15)26)30-14-23-16-3-2-4-18(12-16)27-13-24-25-22(27)31/h2-4,8-9,11-13,17,23H,5-7,10,14H2,1H3,(H,25,31)(H,28,29). The number of carbonyl (C=O) groups is 1. The number of aromatic amines is 1. The number of rotatable bonds is 8. The van der Waals surface area contributed by atoms with Crippen LogP contribution in [0.15, 0.2) is 48.8 Å². The molecule has 1 aliphatic heterocycles. The van der Waals surface area contributed by atoms with Gasteiger partial charge in [-0.3, -0.25) is 14.5 Å². The minimum Gasteiger partial charge on any atom is -0.481 e. The summed E-state index contributed by atoms with van der Waals surface area (Å²) in [6, 6.07) is 14.2. The first-order valence-electron chi connectivity index (χ1n) is 10.2. The molecule has 31 heavy (non-hydrogen) atoms. The fourth-order valence-corrected chi connectivity index (χ4v) is 4.14. The predicted molar refractivity (Wildman–Crippen MR) is 122 cm³/mol. The van der Waals surface area contributed by atoms with Gasteiger partial charge >= 0.3 is 5.97 Å². The molecule has 0 aliphatic carbocycles. The third-order valence-electron chi connectivity index (χ3n) is 5.61. The molecule has 0 spiro atoms. The number of aliphatic carboxylic acids is 1. The molecule has 0 bridgehead atoms. The van der Waals surface area contributed by atoms with Crippen molar-refractivity contribution in [1.82, 2.24) is 14.8 Å². The summed E-state index contributed by atoms with van der Waals surface area (Å²) >= 11 is 5.22. The average molecular weight is 440 g/mol. The minimum absolute atomic E-state index is 0.200. The largest absolute Gasteiger partial charge is 0.481 e. The lowest BCUT2D eigenvalue weighted by Gasteiger charge is -2.36. The molecule has 8 nitrogen and oxygen atoms in total. The Morgan fingerprint density at radius 1 is 1.35 bits per heavy atom. The van der Waals surface area contributed by atoms with E-state index in [-0.39, 0.29) is 12.5 Å². The first-order valence-corrected chi connectivity index (χ1v) is 10.6. The molecule has 9 heteroatoms. The van der Waals surface area contributed by atoms with Crippen LogP contribution in [0.25, 0.3) is 5.69 Å². The Hall–Kier alpha value is -3.33. The van der Waals surface area contributed by atoms with E-state index in [0.29, 0.717) is 17.9 Å². The van der Waals surface area contributed by atoms with Crippen molar-refractivity contribution in [1.29, 1.82) is 0 Å². The Bertz CT molecular complexity index is 1130. The Labute approximate surface area is 185 Å². The molecule has 2 aromatic carbocycles. The van der Waals surface area contributed by atoms with Crippen molar-refractivity contribution in [2.24, 2.45) is 0 Å². The van der Waals surface area contributed by atoms with Crippen LogP contribution >= 0.6 is 12.2 Å². The van der Waals surface area contributed by atoms with E-state index in [4.69, 9.17) is 22.1 Å². The van der Waals surface area contributed by atoms with Crippen molar-refractivity contribution >= 4 is 29.6 Å². The summed E-state index contributed by atoms with van der Waals surface area (Å²) in [7, 11) is 2.03. The summed E-state index contributed by atoms with van der Waals surface area (Å²) in [4.78, 5) is 13.1. The lowest BCUT2D eigenvalue weighted by atomic mass is 9.93. The number of ether oxygens (including phenoxy) is 1. The van der Waals surface area contributed by atoms with Gasteiger partial charge in [0.25, 0.3) is 0 Å². The number of H-pyrrole nitrogens is 1. The Kier molecular flexibility index (Phi) is 6.22. The van der Waals surface area contributed by atoms with Crippen molar-refractivity contribution < 1.29 is 14.6 Å². The second kappa shape index (κ2) is 9.22. The fraction of sp³-hybridized carbons (Fsp3) is 0.318. The van der Waals surface area contributed by atoms with Gasteiger partial charge in [-0.1, -0.05) is 6.07 Å². The molecule has 3 N–H and O–H groups in total. The minimum atomic E-state index is -0.742. The Morgan fingerprint density at radius 3 is 3.00 bits per heavy atom. The molecule has 0 amide bonds. The van der Waals surface area contributed by atoms with Crippen LogP contribution in [0.5, 0.6) is 5.75 Å². The third-order valence-corrected chi connectivity index (χ3v) is 5.90. The Morgan fingerprint density at radius 2 is 2.23 bits per heavy atom. The molecule has 2 heterocycles. The van der Waals surface area contributed by atoms with E-state index in [2.05, 4.69) is 32.5 Å². The van der Waals surface area contributed by atoms with Gasteiger partial charge in [0.1, 0.15) is 12.1 Å². The number of nitrogens with zero attached hydrogens (tertiary/aromatic N) is 3. The van der Waals surface area contributed by atoms with Crippen molar-refractivity contribution in [3.05, 3.63) is 59.1 Å². The topological polar surface area (TPSA) is 95.4 Å². The lowest BCUT2D eigenvalue weighted by molar-refractivity contribution is -0.137. The summed E-state index contributed by atoms with van der Waals surface area (Å²) in [5.74, 6) is 0.0609. The van der Waals surface area contributed by atoms with Gasteiger partial charge < -0.3 is 20.1 Å². The highest BCUT2D eigenvalue weighted by atomic mass is 32.1. The van der Waals surface area contributed by atoms with Crippen LogP contribution < -0.4 is 15.0 Å². The highest BCUT2D eigenvalue weighted by Gasteiger charge is 2.24. The van der Waals surface area contributed by atoms with Crippen LogP contribution in [0.1, 0.15) is 24.8 Å². The van der Waals surface area contributed by atoms with Gasteiger partial charge in [-0.15, -0.1) is 0 Å². The highest BCUT2D eigenvalue weighted by molar-refractivity contribution is 7.71. The van der Waals surface area contributed by atoms with Crippen molar-refractivity contribution in [3.63, 3.8) is 0 Å². The maximum absolute atomic E-state index is 10.9. The quantitative estimate of drug-likeness (QED) is 0.361. The summed E-state index contributed by atoms with van der Waals surface area (Å²) in [5.41, 5.74) is 4.20. The number of carboxylic acids is 1. The maximum Gasteiger partial charge on any atom is 0.303 e. The first kappa shape index (κ1) is 20.9. The van der Waals surface area contributed by atoms with Crippen LogP contribution in [0.3, 0.4) is 0 Å². The summed E-state index contributed by atoms with van der Waals surface area (Å²) in [6.45, 7) is 0.329. The summed E-state index contributed by atoms with van der Waals surface area (Å²) in [6.07, 6.45) is 4.37. The molecule has 3 aromatic rings. The van der Waals surface area contributed by atoms with E-state index < -0.39 is 5.97 Å². The molecule has 162 valence electrons. The zero-order valence-corrected chi connectivity index (χ0v) is 18.1. The van der Waals surface area contributed by atoms with Crippen molar-refractivity contribution in [3.8, 4) is 11.4 Å². The molecule has 4 rings (SSSR count). The van der Waals surface area contributed by atoms with Crippen LogP contribution in [-0.4, -0.2) is 45.7 Å². The number of hydrogen-bond acceptors (Lipinski definition) is 6. The molecule has 1 unspecified atom stereocenters. The second-order valence-electron chi connectivity index (χ2n) is 7.57. The predicted octanol–water partition coefficient (Wildman–Crippen LogP) is 3.99. The van der Waals surface area contributed by atoms with E-state index in [1.165, 1.54) is 5.56 Å². The average Bonchev–Trinajstić information content (AvgIpc) is 3.19. The number of fused-ring (bicyclic) bond motifs is 1. The third kappa shape index (κ3) is 4.88. The Balaban J connectivity index is 1.36. The van der Waals surface area contributed by atoms with Crippen LogP contribution in [-0.2, 0) is 11.2 Å². The zero-order valence-electron chi connectivity index (χ0n) is 17.2. The van der Waals surface area contributed by atoms with Gasteiger partial charge in [0.2, 0.25) is 0 Å². The van der Waals surface area contributed by atoms with Crippen LogP contribution in [0, 0.1) is 4.77 Å². The molecule has 1 atom stereocenters. The van der Waals surface area contributed by atoms with E-state index in [1.807, 2.05) is 37.4 Å². The van der Waals surface area contributed by atoms with Gasteiger partial charge in [0.15, 0.2) is 11.5 Å². The van der Waals surface area contributed by atoms with Gasteiger partial charge in [-0.2, -0.15) is 5.10 Å². The molecule has 0 radical (unpaired) electrons. The molecular weight excluding hydrogens is 414 g/mol. The smallest absolute Gasteiger partial charge is 0.303 e. The van der Waals surface area contributed by atoms with Gasteiger partial charge in [0.05, 0.1) is 5.69 Å². The van der Waals surface area contributed by atoms with E-state index >= 15 is 0 Å². The van der Waals surface area contributed by atoms with Crippen molar-refractivity contribution in [2.75, 3.05) is 24.0 Å². The zero-order chi connectivity index (χ0) is 21.8. The lowest BCUT2D eigenvalue weighted by Crippen LogP contribution is -2.36. The number of aromatic nitrogens is 3. The highest BCUT2D eigenvalue weighted by Crippen LogP contribution is 2.33. The van der Waals surface area contributed by atoms with Crippen LogP contribution in [0.4, 0.5) is 11.4 Å². The molecule has 0 saturated carbocycles. The SMILES string of the molecule is CN1c2ccc(OCNc3cccc(-n4cn[nH]c4=S)c3)cc2CCC1CCC(=O)O. The number of carboxylic acid groups (broad SMARTS) is 1. The number of nitrogens with one attached hydrogen (secondary N) is 2. The van der Waals surface area contributed by atoms with E-state index in [9.17, 15) is 4.79 Å². The molecular formula is C22H25N5O3S. The fourth-order valence-electron chi connectivity index (χ4n) is 3.94. The van der Waals surface area contributed by atoms with Gasteiger partial charge in [-0.25, -0.2) is 0 Å². The molecule has 0 fully saturated rings. The molecule has 1 aromatic heterocycles. The maximum atomic E-state index is 10.9.